The summed E-state index contributed by atoms with van der Waals surface area (Å²) < 4.78 is 5.40. The molecule has 1 N–H and O–H groups in total. The van der Waals surface area contributed by atoms with E-state index in [9.17, 15) is 4.79 Å². The number of hydrogen-bond donors (Lipinski definition) is 1. The van der Waals surface area contributed by atoms with E-state index in [1.165, 1.54) is 24.2 Å². The van der Waals surface area contributed by atoms with E-state index in [-0.39, 0.29) is 5.91 Å². The molecule has 0 atom stereocenters. The molecule has 1 aliphatic heterocycles. The van der Waals surface area contributed by atoms with Gasteiger partial charge in [0.2, 0.25) is 0 Å². The average molecular weight is 396 g/mol. The quantitative estimate of drug-likeness (QED) is 0.695. The SMILES string of the molecule is CCCCN(CC)c1ccc(C(=O)NCc2ccc(N3CCOCC3)cc2)cc1. The smallest absolute Gasteiger partial charge is 0.251 e. The van der Waals surface area contributed by atoms with E-state index in [1.54, 1.807) is 0 Å². The minimum absolute atomic E-state index is 0.0367. The van der Waals surface area contributed by atoms with Crippen molar-refractivity contribution in [1.82, 2.24) is 5.32 Å². The second kappa shape index (κ2) is 10.9. The second-order valence-corrected chi connectivity index (χ2v) is 7.43. The van der Waals surface area contributed by atoms with E-state index in [2.05, 4.69) is 53.2 Å². The van der Waals surface area contributed by atoms with Gasteiger partial charge in [-0.2, -0.15) is 0 Å². The molecule has 0 bridgehead atoms. The number of nitrogens with zero attached hydrogens (tertiary/aromatic N) is 2. The predicted molar refractivity (Wildman–Crippen MR) is 120 cm³/mol. The molecule has 29 heavy (non-hydrogen) atoms. The fourth-order valence-electron chi connectivity index (χ4n) is 3.57. The Bertz CT molecular complexity index is 753. The van der Waals surface area contributed by atoms with E-state index >= 15 is 0 Å². The van der Waals surface area contributed by atoms with Gasteiger partial charge in [-0.05, 0) is 55.3 Å². The molecule has 1 aliphatic rings. The van der Waals surface area contributed by atoms with Crippen LogP contribution in [0.5, 0.6) is 0 Å². The summed E-state index contributed by atoms with van der Waals surface area (Å²) in [6, 6.07) is 16.3. The molecule has 5 heteroatoms. The molecule has 5 nitrogen and oxygen atoms in total. The summed E-state index contributed by atoms with van der Waals surface area (Å²) in [7, 11) is 0. The van der Waals surface area contributed by atoms with Crippen molar-refractivity contribution in [2.45, 2.75) is 33.2 Å². The summed E-state index contributed by atoms with van der Waals surface area (Å²) in [5.41, 5.74) is 4.19. The number of nitrogens with one attached hydrogen (secondary N) is 1. The zero-order valence-corrected chi connectivity index (χ0v) is 17.7. The Morgan fingerprint density at radius 2 is 1.72 bits per heavy atom. The van der Waals surface area contributed by atoms with Crippen LogP contribution >= 0.6 is 0 Å². The Labute approximate surface area is 174 Å². The minimum atomic E-state index is -0.0367. The maximum absolute atomic E-state index is 12.5. The molecule has 156 valence electrons. The molecule has 0 saturated carbocycles. The third-order valence-corrected chi connectivity index (χ3v) is 5.42. The lowest BCUT2D eigenvalue weighted by Gasteiger charge is -2.28. The first-order valence-corrected chi connectivity index (χ1v) is 10.8. The molecule has 2 aromatic rings. The zero-order chi connectivity index (χ0) is 20.5. The highest BCUT2D eigenvalue weighted by Crippen LogP contribution is 2.18. The fraction of sp³-hybridized carbons (Fsp3) is 0.458. The van der Waals surface area contributed by atoms with Gasteiger partial charge in [0.05, 0.1) is 13.2 Å². The van der Waals surface area contributed by atoms with Crippen LogP contribution in [0.15, 0.2) is 48.5 Å². The molecule has 0 aromatic heterocycles. The first kappa shape index (κ1) is 21.2. The lowest BCUT2D eigenvalue weighted by Crippen LogP contribution is -2.36. The van der Waals surface area contributed by atoms with Crippen LogP contribution in [0.4, 0.5) is 11.4 Å². The number of unbranched alkanes of at least 4 members (excludes halogenated alkanes) is 1. The van der Waals surface area contributed by atoms with E-state index in [0.717, 1.165) is 45.0 Å². The van der Waals surface area contributed by atoms with Crippen LogP contribution in [0, 0.1) is 0 Å². The maximum Gasteiger partial charge on any atom is 0.251 e. The standard InChI is InChI=1S/C24H33N3O2/c1-3-5-14-26(4-2)22-12-8-21(9-13-22)24(28)25-19-20-6-10-23(11-7-20)27-15-17-29-18-16-27/h6-13H,3-5,14-19H2,1-2H3,(H,25,28). The number of ether oxygens (including phenoxy) is 1. The number of carbonyl (C=O) groups excluding carboxylic acids is 1. The molecular weight excluding hydrogens is 362 g/mol. The van der Waals surface area contributed by atoms with E-state index in [0.29, 0.717) is 12.1 Å². The minimum Gasteiger partial charge on any atom is -0.378 e. The zero-order valence-electron chi connectivity index (χ0n) is 17.7. The summed E-state index contributed by atoms with van der Waals surface area (Å²) in [6.07, 6.45) is 2.37. The van der Waals surface area contributed by atoms with Gasteiger partial charge < -0.3 is 19.9 Å². The molecule has 0 radical (unpaired) electrons. The van der Waals surface area contributed by atoms with Gasteiger partial charge in [-0.15, -0.1) is 0 Å². The van der Waals surface area contributed by atoms with Crippen molar-refractivity contribution in [3.63, 3.8) is 0 Å². The second-order valence-electron chi connectivity index (χ2n) is 7.43. The van der Waals surface area contributed by atoms with Crippen LogP contribution in [0.1, 0.15) is 42.6 Å². The van der Waals surface area contributed by atoms with Crippen molar-refractivity contribution < 1.29 is 9.53 Å². The van der Waals surface area contributed by atoms with Gasteiger partial charge in [0.25, 0.3) is 5.91 Å². The van der Waals surface area contributed by atoms with E-state index in [4.69, 9.17) is 4.74 Å². The van der Waals surface area contributed by atoms with E-state index < -0.39 is 0 Å². The molecule has 1 amide bonds. The van der Waals surface area contributed by atoms with Gasteiger partial charge in [-0.25, -0.2) is 0 Å². The normalized spacial score (nSPS) is 13.9. The number of rotatable bonds is 9. The largest absolute Gasteiger partial charge is 0.378 e. The molecule has 3 rings (SSSR count). The van der Waals surface area contributed by atoms with Gasteiger partial charge >= 0.3 is 0 Å². The summed E-state index contributed by atoms with van der Waals surface area (Å²) in [4.78, 5) is 17.2. The number of anilines is 2. The van der Waals surface area contributed by atoms with Crippen molar-refractivity contribution in [2.75, 3.05) is 49.2 Å². The summed E-state index contributed by atoms with van der Waals surface area (Å²) in [6.45, 7) is 10.4. The predicted octanol–water partition coefficient (Wildman–Crippen LogP) is 4.08. The Kier molecular flexibility index (Phi) is 7.94. The molecule has 1 saturated heterocycles. The highest BCUT2D eigenvalue weighted by molar-refractivity contribution is 5.94. The lowest BCUT2D eigenvalue weighted by molar-refractivity contribution is 0.0951. The van der Waals surface area contributed by atoms with Crippen molar-refractivity contribution >= 4 is 17.3 Å². The van der Waals surface area contributed by atoms with Crippen LogP contribution in [-0.2, 0) is 11.3 Å². The molecule has 1 heterocycles. The lowest BCUT2D eigenvalue weighted by atomic mass is 10.1. The topological polar surface area (TPSA) is 44.8 Å². The van der Waals surface area contributed by atoms with Gasteiger partial charge in [0.1, 0.15) is 0 Å². The van der Waals surface area contributed by atoms with Gasteiger partial charge in [0.15, 0.2) is 0 Å². The number of benzene rings is 2. The number of carbonyl (C=O) groups is 1. The first-order chi connectivity index (χ1) is 14.2. The van der Waals surface area contributed by atoms with Crippen LogP contribution in [0.2, 0.25) is 0 Å². The maximum atomic E-state index is 12.5. The van der Waals surface area contributed by atoms with Crippen molar-refractivity contribution in [3.8, 4) is 0 Å². The van der Waals surface area contributed by atoms with Gasteiger partial charge in [-0.1, -0.05) is 25.5 Å². The Morgan fingerprint density at radius 1 is 1.03 bits per heavy atom. The Morgan fingerprint density at radius 3 is 2.34 bits per heavy atom. The molecule has 0 aliphatic carbocycles. The van der Waals surface area contributed by atoms with Crippen LogP contribution in [0.3, 0.4) is 0 Å². The molecule has 2 aromatic carbocycles. The average Bonchev–Trinajstić information content (AvgIpc) is 2.79. The number of morpholine rings is 1. The van der Waals surface area contributed by atoms with Crippen LogP contribution in [0.25, 0.3) is 0 Å². The van der Waals surface area contributed by atoms with Crippen molar-refractivity contribution in [1.29, 1.82) is 0 Å². The fourth-order valence-corrected chi connectivity index (χ4v) is 3.57. The molecule has 0 unspecified atom stereocenters. The monoisotopic (exact) mass is 395 g/mol. The molecule has 0 spiro atoms. The van der Waals surface area contributed by atoms with Crippen molar-refractivity contribution in [2.24, 2.45) is 0 Å². The summed E-state index contributed by atoms with van der Waals surface area (Å²) in [5, 5.41) is 3.03. The third kappa shape index (κ3) is 5.97. The highest BCUT2D eigenvalue weighted by Gasteiger charge is 2.11. The molecule has 1 fully saturated rings. The number of hydrogen-bond acceptors (Lipinski definition) is 4. The Balaban J connectivity index is 1.52. The van der Waals surface area contributed by atoms with E-state index in [1.807, 2.05) is 24.3 Å². The number of amides is 1. The van der Waals surface area contributed by atoms with Gasteiger partial charge in [-0.3, -0.25) is 4.79 Å². The summed E-state index contributed by atoms with van der Waals surface area (Å²) >= 11 is 0. The highest BCUT2D eigenvalue weighted by atomic mass is 16.5. The van der Waals surface area contributed by atoms with Crippen LogP contribution < -0.4 is 15.1 Å². The summed E-state index contributed by atoms with van der Waals surface area (Å²) in [5.74, 6) is -0.0367. The van der Waals surface area contributed by atoms with Crippen molar-refractivity contribution in [3.05, 3.63) is 59.7 Å². The first-order valence-electron chi connectivity index (χ1n) is 10.8. The Hall–Kier alpha value is -2.53. The third-order valence-electron chi connectivity index (χ3n) is 5.42. The van der Waals surface area contributed by atoms with Crippen LogP contribution in [-0.4, -0.2) is 45.3 Å². The molecular formula is C24H33N3O2. The van der Waals surface area contributed by atoms with Gasteiger partial charge in [0, 0.05) is 49.7 Å².